The Bertz CT molecular complexity index is 512. The number of anilines is 1. The molecule has 0 aromatic heterocycles. The first-order chi connectivity index (χ1) is 9.49. The molecule has 20 heavy (non-hydrogen) atoms. The Balaban J connectivity index is 1.92. The van der Waals surface area contributed by atoms with Crippen LogP contribution in [0.15, 0.2) is 24.3 Å². The molecule has 1 aromatic rings. The van der Waals surface area contributed by atoms with Crippen LogP contribution in [0, 0.1) is 5.41 Å². The molecule has 0 bridgehead atoms. The fourth-order valence-corrected chi connectivity index (χ4v) is 2.90. The number of hydrogen-bond acceptors (Lipinski definition) is 3. The number of rotatable bonds is 6. The first-order valence-electron chi connectivity index (χ1n) is 6.69. The molecule has 108 valence electrons. The average molecular weight is 293 g/mol. The van der Waals surface area contributed by atoms with E-state index in [0.717, 1.165) is 30.5 Å². The van der Waals surface area contributed by atoms with Gasteiger partial charge in [-0.05, 0) is 30.5 Å². The van der Waals surface area contributed by atoms with Crippen molar-refractivity contribution in [2.75, 3.05) is 11.1 Å². The Morgan fingerprint density at radius 3 is 2.75 bits per heavy atom. The molecular formula is C15H19NO3S. The van der Waals surface area contributed by atoms with Crippen molar-refractivity contribution in [1.82, 2.24) is 0 Å². The summed E-state index contributed by atoms with van der Waals surface area (Å²) in [6.07, 6.45) is 3.02. The maximum absolute atomic E-state index is 12.1. The number of aliphatic carboxylic acids is 1. The van der Waals surface area contributed by atoms with Gasteiger partial charge in [0.1, 0.15) is 0 Å². The largest absolute Gasteiger partial charge is 0.481 e. The van der Waals surface area contributed by atoms with Crippen molar-refractivity contribution in [3.8, 4) is 0 Å². The number of hydrogen-bond donors (Lipinski definition) is 2. The molecule has 2 N–H and O–H groups in total. The summed E-state index contributed by atoms with van der Waals surface area (Å²) in [5.41, 5.74) is 1.60. The summed E-state index contributed by atoms with van der Waals surface area (Å²) in [5.74, 6) is -0.00136. The van der Waals surface area contributed by atoms with Crippen LogP contribution >= 0.6 is 11.8 Å². The highest BCUT2D eigenvalue weighted by Crippen LogP contribution is 2.41. The summed E-state index contributed by atoms with van der Waals surface area (Å²) in [6, 6.07) is 7.60. The summed E-state index contributed by atoms with van der Waals surface area (Å²) >= 11 is 1.35. The fraction of sp³-hybridized carbons (Fsp3) is 0.467. The lowest BCUT2D eigenvalue weighted by Crippen LogP contribution is -2.39. The number of carboxylic acids is 1. The average Bonchev–Trinajstić information content (AvgIpc) is 2.36. The summed E-state index contributed by atoms with van der Waals surface area (Å²) in [6.45, 7) is 2.00. The molecule has 0 saturated heterocycles. The molecule has 5 heteroatoms. The Morgan fingerprint density at radius 2 is 2.15 bits per heavy atom. The van der Waals surface area contributed by atoms with Crippen molar-refractivity contribution in [1.29, 1.82) is 0 Å². The van der Waals surface area contributed by atoms with Crippen LogP contribution in [0.25, 0.3) is 0 Å². The maximum atomic E-state index is 12.1. The second-order valence-electron chi connectivity index (χ2n) is 5.46. The van der Waals surface area contributed by atoms with Crippen molar-refractivity contribution < 1.29 is 14.7 Å². The number of nitrogens with one attached hydrogen (secondary N) is 1. The van der Waals surface area contributed by atoms with Crippen molar-refractivity contribution >= 4 is 29.3 Å². The molecule has 0 unspecified atom stereocenters. The van der Waals surface area contributed by atoms with Crippen molar-refractivity contribution in [3.05, 3.63) is 29.8 Å². The van der Waals surface area contributed by atoms with Gasteiger partial charge in [-0.1, -0.05) is 25.5 Å². The summed E-state index contributed by atoms with van der Waals surface area (Å²) < 4.78 is 0. The van der Waals surface area contributed by atoms with Crippen molar-refractivity contribution in [2.45, 2.75) is 31.9 Å². The number of carbonyl (C=O) groups excluding carboxylic acids is 1. The van der Waals surface area contributed by atoms with Gasteiger partial charge in [0.05, 0.1) is 5.75 Å². The number of amides is 1. The lowest BCUT2D eigenvalue weighted by atomic mass is 9.70. The van der Waals surface area contributed by atoms with E-state index in [1.165, 1.54) is 11.8 Å². The molecule has 1 aromatic carbocycles. The third kappa shape index (κ3) is 3.76. The van der Waals surface area contributed by atoms with Crippen molar-refractivity contribution in [2.24, 2.45) is 5.41 Å². The molecule has 0 heterocycles. The molecular weight excluding hydrogens is 274 g/mol. The standard InChI is InChI=1S/C15H19NO3S/c1-15(6-3-7-15)14(19)16-12-5-2-4-11(8-12)9-20-10-13(17)18/h2,4-5,8H,3,6-7,9-10H2,1H3,(H,16,19)(H,17,18). The van der Waals surface area contributed by atoms with Gasteiger partial charge in [-0.25, -0.2) is 0 Å². The van der Waals surface area contributed by atoms with Gasteiger partial charge in [-0.3, -0.25) is 9.59 Å². The SMILES string of the molecule is CC1(C(=O)Nc2cccc(CSCC(=O)O)c2)CCC1. The predicted molar refractivity (Wildman–Crippen MR) is 80.8 cm³/mol. The predicted octanol–water partition coefficient (Wildman–Crippen LogP) is 3.13. The molecule has 1 aliphatic rings. The van der Waals surface area contributed by atoms with Crippen LogP contribution < -0.4 is 5.32 Å². The number of carboxylic acid groups (broad SMARTS) is 1. The third-order valence-electron chi connectivity index (χ3n) is 3.68. The van der Waals surface area contributed by atoms with E-state index in [2.05, 4.69) is 5.32 Å². The second kappa shape index (κ2) is 6.31. The number of carbonyl (C=O) groups is 2. The lowest BCUT2D eigenvalue weighted by Gasteiger charge is -2.36. The smallest absolute Gasteiger partial charge is 0.313 e. The van der Waals surface area contributed by atoms with E-state index < -0.39 is 5.97 Å². The molecule has 0 spiro atoms. The summed E-state index contributed by atoms with van der Waals surface area (Å²) in [7, 11) is 0. The zero-order valence-corrected chi connectivity index (χ0v) is 12.3. The zero-order chi connectivity index (χ0) is 14.6. The molecule has 1 amide bonds. The van der Waals surface area contributed by atoms with Crippen LogP contribution in [0.4, 0.5) is 5.69 Å². The van der Waals surface area contributed by atoms with Gasteiger partial charge in [0.15, 0.2) is 0 Å². The van der Waals surface area contributed by atoms with Crippen LogP contribution in [-0.4, -0.2) is 22.7 Å². The van der Waals surface area contributed by atoms with E-state index in [0.29, 0.717) is 5.75 Å². The molecule has 2 rings (SSSR count). The van der Waals surface area contributed by atoms with Gasteiger partial charge >= 0.3 is 5.97 Å². The van der Waals surface area contributed by atoms with Gasteiger partial charge in [-0.15, -0.1) is 11.8 Å². The number of thioether (sulfide) groups is 1. The molecule has 0 radical (unpaired) electrons. The van der Waals surface area contributed by atoms with Crippen LogP contribution in [0.2, 0.25) is 0 Å². The highest BCUT2D eigenvalue weighted by molar-refractivity contribution is 7.99. The quantitative estimate of drug-likeness (QED) is 0.845. The van der Waals surface area contributed by atoms with E-state index in [1.54, 1.807) is 0 Å². The van der Waals surface area contributed by atoms with E-state index in [4.69, 9.17) is 5.11 Å². The first kappa shape index (κ1) is 14.9. The minimum absolute atomic E-state index is 0.0825. The van der Waals surface area contributed by atoms with Gasteiger partial charge in [0, 0.05) is 16.9 Å². The fourth-order valence-electron chi connectivity index (χ4n) is 2.21. The van der Waals surface area contributed by atoms with E-state index >= 15 is 0 Å². The molecule has 0 atom stereocenters. The molecule has 1 saturated carbocycles. The number of benzene rings is 1. The lowest BCUT2D eigenvalue weighted by molar-refractivity contribution is -0.134. The van der Waals surface area contributed by atoms with Crippen LogP contribution in [0.1, 0.15) is 31.7 Å². The minimum Gasteiger partial charge on any atom is -0.481 e. The molecule has 4 nitrogen and oxygen atoms in total. The third-order valence-corrected chi connectivity index (χ3v) is 4.67. The molecule has 0 aliphatic heterocycles. The highest BCUT2D eigenvalue weighted by Gasteiger charge is 2.39. The van der Waals surface area contributed by atoms with Crippen LogP contribution in [-0.2, 0) is 15.3 Å². The Kier molecular flexibility index (Phi) is 4.70. The van der Waals surface area contributed by atoms with E-state index in [9.17, 15) is 9.59 Å². The Labute approximate surface area is 123 Å². The molecule has 1 fully saturated rings. The minimum atomic E-state index is -0.808. The highest BCUT2D eigenvalue weighted by atomic mass is 32.2. The van der Waals surface area contributed by atoms with Gasteiger partial charge in [-0.2, -0.15) is 0 Å². The Morgan fingerprint density at radius 1 is 1.40 bits per heavy atom. The van der Waals surface area contributed by atoms with Gasteiger partial charge in [0.2, 0.25) is 5.91 Å². The van der Waals surface area contributed by atoms with Gasteiger partial charge in [0.25, 0.3) is 0 Å². The van der Waals surface area contributed by atoms with Gasteiger partial charge < -0.3 is 10.4 Å². The topological polar surface area (TPSA) is 66.4 Å². The van der Waals surface area contributed by atoms with Crippen LogP contribution in [0.5, 0.6) is 0 Å². The summed E-state index contributed by atoms with van der Waals surface area (Å²) in [4.78, 5) is 22.6. The normalized spacial score (nSPS) is 16.2. The Hall–Kier alpha value is -1.49. The van der Waals surface area contributed by atoms with Crippen molar-refractivity contribution in [3.63, 3.8) is 0 Å². The van der Waals surface area contributed by atoms with Crippen LogP contribution in [0.3, 0.4) is 0 Å². The summed E-state index contributed by atoms with van der Waals surface area (Å²) in [5, 5.41) is 11.6. The monoisotopic (exact) mass is 293 g/mol. The molecule has 1 aliphatic carbocycles. The second-order valence-corrected chi connectivity index (χ2v) is 6.44. The zero-order valence-electron chi connectivity index (χ0n) is 11.5. The van der Waals surface area contributed by atoms with E-state index in [1.807, 2.05) is 31.2 Å². The first-order valence-corrected chi connectivity index (χ1v) is 7.85. The maximum Gasteiger partial charge on any atom is 0.313 e. The van der Waals surface area contributed by atoms with E-state index in [-0.39, 0.29) is 17.1 Å².